The first-order valence-electron chi connectivity index (χ1n) is 12.6. The molecule has 40 heavy (non-hydrogen) atoms. The van der Waals surface area contributed by atoms with Crippen LogP contribution >= 0.6 is 0 Å². The summed E-state index contributed by atoms with van der Waals surface area (Å²) in [6, 6.07) is 33.7. The maximum atomic E-state index is 10.0. The van der Waals surface area contributed by atoms with Crippen molar-refractivity contribution >= 4 is 49.7 Å². The summed E-state index contributed by atoms with van der Waals surface area (Å²) in [4.78, 5) is 14.6. The average Bonchev–Trinajstić information content (AvgIpc) is 3.50. The van der Waals surface area contributed by atoms with Gasteiger partial charge in [-0.1, -0.05) is 42.5 Å². The number of hydrogen-bond donors (Lipinski definition) is 1. The summed E-state index contributed by atoms with van der Waals surface area (Å²) in [7, 11) is 0. The molecule has 7 aromatic rings. The first-order chi connectivity index (χ1) is 19.0. The van der Waals surface area contributed by atoms with E-state index >= 15 is 0 Å². The van der Waals surface area contributed by atoms with Crippen molar-refractivity contribution in [3.63, 3.8) is 0 Å². The predicted molar refractivity (Wildman–Crippen MR) is 156 cm³/mol. The Balaban J connectivity index is 0.000000362. The molecule has 0 amide bonds. The van der Waals surface area contributed by atoms with Crippen LogP contribution < -0.4 is 0 Å². The molecule has 0 fully saturated rings. The van der Waals surface area contributed by atoms with Crippen LogP contribution in [0.1, 0.15) is 13.8 Å². The van der Waals surface area contributed by atoms with E-state index in [1.54, 1.807) is 0 Å². The normalized spacial score (nSPS) is 11.4. The minimum absolute atomic E-state index is 0. The van der Waals surface area contributed by atoms with E-state index in [0.29, 0.717) is 0 Å². The Hall–Kier alpha value is -4.51. The largest absolute Gasteiger partial charge is 0.512 e. The van der Waals surface area contributed by atoms with Crippen LogP contribution in [0, 0.1) is 6.07 Å². The molecule has 1 N–H and O–H groups in total. The van der Waals surface area contributed by atoms with Crippen molar-refractivity contribution in [2.24, 2.45) is 0 Å². The molecular weight excluding hydrogens is 679 g/mol. The van der Waals surface area contributed by atoms with E-state index in [1.165, 1.54) is 19.9 Å². The number of para-hydroxylation sites is 2. The molecule has 0 unspecified atom stereocenters. The molecule has 0 aliphatic heterocycles. The molecule has 0 saturated heterocycles. The number of aliphatic hydroxyl groups is 1. The summed E-state index contributed by atoms with van der Waals surface area (Å²) >= 11 is 0. The van der Waals surface area contributed by atoms with Crippen LogP contribution in [0.3, 0.4) is 0 Å². The van der Waals surface area contributed by atoms with E-state index < -0.39 is 0 Å². The molecule has 0 saturated carbocycles. The number of aromatic nitrogens is 1. The number of benzene rings is 4. The number of aliphatic hydroxyl groups excluding tert-OH is 1. The molecular formula is C34H24IrNO4-. The predicted octanol–water partition coefficient (Wildman–Crippen LogP) is 9.05. The number of furan rings is 2. The molecule has 5 nitrogen and oxygen atoms in total. The first kappa shape index (κ1) is 27.1. The molecule has 0 bridgehead atoms. The SMILES string of the molecule is CC(=O)/C=C(/C)O.[Ir].[c-]1ccccc1-c1cc(-c2c3oc4ccccc4c3cc3oc4ccccc4c23)ccn1. The second-order valence-corrected chi connectivity index (χ2v) is 9.30. The smallest absolute Gasteiger partial charge is 0.155 e. The maximum Gasteiger partial charge on any atom is 0.155 e. The van der Waals surface area contributed by atoms with Crippen molar-refractivity contribution in [2.75, 3.05) is 0 Å². The van der Waals surface area contributed by atoms with Crippen LogP contribution in [-0.4, -0.2) is 15.9 Å². The number of ketones is 1. The third kappa shape index (κ3) is 5.07. The number of fused-ring (bicyclic) bond motifs is 6. The van der Waals surface area contributed by atoms with Crippen molar-refractivity contribution in [1.82, 2.24) is 4.98 Å². The van der Waals surface area contributed by atoms with Crippen LogP contribution in [0.4, 0.5) is 0 Å². The van der Waals surface area contributed by atoms with Gasteiger partial charge in [0.05, 0.1) is 5.76 Å². The molecule has 4 aromatic carbocycles. The zero-order valence-corrected chi connectivity index (χ0v) is 24.2. The fourth-order valence-electron chi connectivity index (χ4n) is 4.92. The van der Waals surface area contributed by atoms with E-state index in [4.69, 9.17) is 13.9 Å². The van der Waals surface area contributed by atoms with Crippen LogP contribution in [0.25, 0.3) is 66.3 Å². The molecule has 3 aromatic heterocycles. The topological polar surface area (TPSA) is 76.5 Å². The van der Waals surface area contributed by atoms with Gasteiger partial charge in [-0.3, -0.25) is 4.79 Å². The van der Waals surface area contributed by atoms with Gasteiger partial charge in [-0.2, -0.15) is 0 Å². The van der Waals surface area contributed by atoms with Gasteiger partial charge in [-0.05, 0) is 49.4 Å². The Kier molecular flexibility index (Phi) is 7.65. The average molecular weight is 703 g/mol. The van der Waals surface area contributed by atoms with Gasteiger partial charge in [-0.25, -0.2) is 0 Å². The van der Waals surface area contributed by atoms with Gasteiger partial charge in [-0.15, -0.1) is 35.9 Å². The number of carbonyl (C=O) groups excluding carboxylic acids is 1. The molecule has 6 heteroatoms. The van der Waals surface area contributed by atoms with Gasteiger partial charge in [0.25, 0.3) is 0 Å². The molecule has 7 rings (SSSR count). The van der Waals surface area contributed by atoms with Crippen molar-refractivity contribution < 1.29 is 38.8 Å². The molecule has 199 valence electrons. The number of nitrogens with zero attached hydrogens (tertiary/aromatic N) is 1. The van der Waals surface area contributed by atoms with Gasteiger partial charge in [0, 0.05) is 59.5 Å². The summed E-state index contributed by atoms with van der Waals surface area (Å²) in [6.07, 6.45) is 3.01. The van der Waals surface area contributed by atoms with Gasteiger partial charge in [0.15, 0.2) is 5.78 Å². The molecule has 0 aliphatic carbocycles. The van der Waals surface area contributed by atoms with E-state index in [0.717, 1.165) is 66.3 Å². The van der Waals surface area contributed by atoms with Crippen molar-refractivity contribution in [2.45, 2.75) is 13.8 Å². The van der Waals surface area contributed by atoms with Crippen molar-refractivity contribution in [1.29, 1.82) is 0 Å². The van der Waals surface area contributed by atoms with Crippen LogP contribution in [0.2, 0.25) is 0 Å². The minimum atomic E-state index is -0.125. The Bertz CT molecular complexity index is 2010. The maximum absolute atomic E-state index is 10.0. The Morgan fingerprint density at radius 3 is 2.20 bits per heavy atom. The molecule has 0 aliphatic rings. The number of rotatable bonds is 3. The fraction of sp³-hybridized carbons (Fsp3) is 0.0588. The molecule has 3 heterocycles. The summed E-state index contributed by atoms with van der Waals surface area (Å²) in [6.45, 7) is 2.85. The Morgan fingerprint density at radius 1 is 0.825 bits per heavy atom. The van der Waals surface area contributed by atoms with Crippen molar-refractivity contribution in [3.05, 3.63) is 115 Å². The van der Waals surface area contributed by atoms with E-state index in [-0.39, 0.29) is 31.6 Å². The third-order valence-electron chi connectivity index (χ3n) is 6.45. The Labute approximate surface area is 244 Å². The van der Waals surface area contributed by atoms with E-state index in [1.807, 2.05) is 72.9 Å². The quantitative estimate of drug-likeness (QED) is 0.113. The number of carbonyl (C=O) groups is 1. The Morgan fingerprint density at radius 2 is 1.52 bits per heavy atom. The monoisotopic (exact) mass is 703 g/mol. The van der Waals surface area contributed by atoms with E-state index in [2.05, 4.69) is 35.3 Å². The van der Waals surface area contributed by atoms with Crippen LogP contribution in [0.5, 0.6) is 0 Å². The molecule has 0 atom stereocenters. The second-order valence-electron chi connectivity index (χ2n) is 9.30. The number of hydrogen-bond acceptors (Lipinski definition) is 5. The van der Waals surface area contributed by atoms with E-state index in [9.17, 15) is 4.79 Å². The second kappa shape index (κ2) is 11.3. The fourth-order valence-corrected chi connectivity index (χ4v) is 4.92. The van der Waals surface area contributed by atoms with Crippen LogP contribution in [0.15, 0.2) is 118 Å². The summed E-state index contributed by atoms with van der Waals surface area (Å²) in [5.41, 5.74) is 7.34. The number of allylic oxidation sites excluding steroid dienone is 2. The summed E-state index contributed by atoms with van der Waals surface area (Å²) in [5.74, 6) is -0.0625. The molecule has 0 spiro atoms. The van der Waals surface area contributed by atoms with Crippen LogP contribution in [-0.2, 0) is 24.9 Å². The number of pyridine rings is 1. The van der Waals surface area contributed by atoms with Gasteiger partial charge >= 0.3 is 0 Å². The zero-order valence-electron chi connectivity index (χ0n) is 21.8. The van der Waals surface area contributed by atoms with Gasteiger partial charge in [0.1, 0.15) is 22.3 Å². The van der Waals surface area contributed by atoms with Crippen molar-refractivity contribution in [3.8, 4) is 22.4 Å². The van der Waals surface area contributed by atoms with Gasteiger partial charge in [0.2, 0.25) is 0 Å². The van der Waals surface area contributed by atoms with Gasteiger partial charge < -0.3 is 18.9 Å². The summed E-state index contributed by atoms with van der Waals surface area (Å²) in [5, 5.41) is 12.6. The standard InChI is InChI=1S/C29H16NO2.C5H8O2.Ir/c1-2-8-18(9-3-1)23-16-19(14-15-30-23)27-28-21-11-5-7-13-25(21)31-26(28)17-22-20-10-4-6-12-24(20)32-29(22)27;1-4(6)3-5(2)7;/h1-8,10-17H;3,6H,1-2H3;/q-1;;/b;4-3-;. The summed E-state index contributed by atoms with van der Waals surface area (Å²) < 4.78 is 12.7. The minimum Gasteiger partial charge on any atom is -0.512 e. The first-order valence-corrected chi connectivity index (χ1v) is 12.6. The molecule has 1 radical (unpaired) electrons. The zero-order chi connectivity index (χ0) is 26.9. The third-order valence-corrected chi connectivity index (χ3v) is 6.45.